The summed E-state index contributed by atoms with van der Waals surface area (Å²) < 4.78 is 20.0. The van der Waals surface area contributed by atoms with Crippen molar-refractivity contribution in [3.05, 3.63) is 70.6 Å². The molecule has 0 spiro atoms. The number of hydrogen-bond donors (Lipinski definition) is 0. The van der Waals surface area contributed by atoms with Crippen molar-refractivity contribution < 1.29 is 8.91 Å². The summed E-state index contributed by atoms with van der Waals surface area (Å²) in [7, 11) is 0. The van der Waals surface area contributed by atoms with Gasteiger partial charge in [-0.1, -0.05) is 17.3 Å². The predicted octanol–water partition coefficient (Wildman–Crippen LogP) is 5.74. The zero-order chi connectivity index (χ0) is 19.1. The van der Waals surface area contributed by atoms with Crippen molar-refractivity contribution in [2.45, 2.75) is 32.4 Å². The first-order chi connectivity index (χ1) is 13.7. The molecule has 1 atom stereocenters. The molecule has 0 N–H and O–H groups in total. The maximum Gasteiger partial charge on any atom is 0.170 e. The third-order valence-electron chi connectivity index (χ3n) is 5.44. The average Bonchev–Trinajstić information content (AvgIpc) is 3.42. The molecule has 2 aromatic heterocycles. The first-order valence-electron chi connectivity index (χ1n) is 9.49. The lowest BCUT2D eigenvalue weighted by atomic mass is 10.1. The van der Waals surface area contributed by atoms with Crippen LogP contribution in [0.25, 0.3) is 21.5 Å². The van der Waals surface area contributed by atoms with E-state index in [-0.39, 0.29) is 5.82 Å². The van der Waals surface area contributed by atoms with Gasteiger partial charge in [0.15, 0.2) is 5.76 Å². The summed E-state index contributed by atoms with van der Waals surface area (Å²) in [5.41, 5.74) is 3.88. The third-order valence-corrected chi connectivity index (χ3v) is 6.58. The highest BCUT2D eigenvalue weighted by atomic mass is 32.1. The van der Waals surface area contributed by atoms with Gasteiger partial charge in [0.25, 0.3) is 0 Å². The second-order valence-electron chi connectivity index (χ2n) is 7.24. The fourth-order valence-electron chi connectivity index (χ4n) is 3.91. The predicted molar refractivity (Wildman–Crippen MR) is 109 cm³/mol. The van der Waals surface area contributed by atoms with E-state index in [0.29, 0.717) is 11.8 Å². The normalized spacial score (nSPS) is 17.6. The molecule has 1 saturated heterocycles. The van der Waals surface area contributed by atoms with Gasteiger partial charge in [0.1, 0.15) is 16.5 Å². The molecular weight excluding hydrogens is 373 g/mol. The van der Waals surface area contributed by atoms with Gasteiger partial charge in [0.05, 0.1) is 16.3 Å². The Balaban J connectivity index is 1.40. The van der Waals surface area contributed by atoms with Crippen LogP contribution in [0, 0.1) is 12.7 Å². The van der Waals surface area contributed by atoms with Gasteiger partial charge in [-0.25, -0.2) is 9.37 Å². The Morgan fingerprint density at radius 3 is 2.82 bits per heavy atom. The zero-order valence-corrected chi connectivity index (χ0v) is 16.4. The molecule has 1 aliphatic rings. The minimum atomic E-state index is -0.253. The number of benzene rings is 2. The van der Waals surface area contributed by atoms with E-state index in [9.17, 15) is 4.39 Å². The van der Waals surface area contributed by atoms with E-state index in [4.69, 9.17) is 9.51 Å². The summed E-state index contributed by atoms with van der Waals surface area (Å²) in [5, 5.41) is 5.50. The van der Waals surface area contributed by atoms with Crippen molar-refractivity contribution in [2.24, 2.45) is 0 Å². The van der Waals surface area contributed by atoms with E-state index in [1.807, 2.05) is 13.0 Å². The molecule has 6 heteroatoms. The lowest BCUT2D eigenvalue weighted by molar-refractivity contribution is 0.240. The Labute approximate surface area is 166 Å². The molecule has 0 bridgehead atoms. The lowest BCUT2D eigenvalue weighted by Crippen LogP contribution is -2.23. The Bertz CT molecular complexity index is 1090. The van der Waals surface area contributed by atoms with Gasteiger partial charge in [0.2, 0.25) is 0 Å². The lowest BCUT2D eigenvalue weighted by Gasteiger charge is -2.21. The van der Waals surface area contributed by atoms with Gasteiger partial charge in [-0.2, -0.15) is 0 Å². The fourth-order valence-corrected chi connectivity index (χ4v) is 5.04. The molecule has 4 nitrogen and oxygen atoms in total. The molecule has 0 saturated carbocycles. The SMILES string of the molecule is Cc1c(CN2CCC[C@H]2c2nc3ccccc3s2)noc1-c1ccc(F)cc1. The minimum Gasteiger partial charge on any atom is -0.356 e. The Kier molecular flexibility index (Phi) is 4.45. The number of thiazole rings is 1. The van der Waals surface area contributed by atoms with Crippen molar-refractivity contribution in [1.82, 2.24) is 15.0 Å². The molecule has 28 heavy (non-hydrogen) atoms. The van der Waals surface area contributed by atoms with Crippen LogP contribution >= 0.6 is 11.3 Å². The Morgan fingerprint density at radius 1 is 1.18 bits per heavy atom. The van der Waals surface area contributed by atoms with Gasteiger partial charge >= 0.3 is 0 Å². The molecule has 0 radical (unpaired) electrons. The molecule has 0 aliphatic carbocycles. The number of likely N-dealkylation sites (tertiary alicyclic amines) is 1. The second-order valence-corrected chi connectivity index (χ2v) is 8.30. The zero-order valence-electron chi connectivity index (χ0n) is 15.6. The van der Waals surface area contributed by atoms with Crippen molar-refractivity contribution >= 4 is 21.6 Å². The number of halogens is 1. The van der Waals surface area contributed by atoms with Gasteiger partial charge in [-0.05, 0) is 62.7 Å². The van der Waals surface area contributed by atoms with Crippen LogP contribution in [0.4, 0.5) is 4.39 Å². The summed E-state index contributed by atoms with van der Waals surface area (Å²) in [6.45, 7) is 3.78. The number of hydrogen-bond acceptors (Lipinski definition) is 5. The molecule has 5 rings (SSSR count). The molecule has 4 aromatic rings. The topological polar surface area (TPSA) is 42.2 Å². The van der Waals surface area contributed by atoms with Crippen molar-refractivity contribution in [3.63, 3.8) is 0 Å². The highest BCUT2D eigenvalue weighted by Crippen LogP contribution is 2.38. The summed E-state index contributed by atoms with van der Waals surface area (Å²) in [6.07, 6.45) is 2.27. The molecule has 2 aromatic carbocycles. The number of rotatable bonds is 4. The minimum absolute atomic E-state index is 0.253. The van der Waals surface area contributed by atoms with E-state index in [2.05, 4.69) is 28.3 Å². The molecule has 142 valence electrons. The van der Waals surface area contributed by atoms with Crippen LogP contribution in [0.1, 0.15) is 35.1 Å². The number of nitrogens with zero attached hydrogens (tertiary/aromatic N) is 3. The summed E-state index contributed by atoms with van der Waals surface area (Å²) in [5.74, 6) is 0.461. The maximum absolute atomic E-state index is 13.2. The Morgan fingerprint density at radius 2 is 2.00 bits per heavy atom. The van der Waals surface area contributed by atoms with Crippen molar-refractivity contribution in [1.29, 1.82) is 0 Å². The van der Waals surface area contributed by atoms with Crippen LogP contribution in [0.15, 0.2) is 53.1 Å². The molecule has 0 amide bonds. The van der Waals surface area contributed by atoms with Gasteiger partial charge in [-0.3, -0.25) is 4.90 Å². The fraction of sp³-hybridized carbons (Fsp3) is 0.273. The highest BCUT2D eigenvalue weighted by Gasteiger charge is 2.30. The van der Waals surface area contributed by atoms with Gasteiger partial charge in [0, 0.05) is 17.7 Å². The van der Waals surface area contributed by atoms with Crippen LogP contribution in [0.3, 0.4) is 0 Å². The van der Waals surface area contributed by atoms with Crippen molar-refractivity contribution in [2.75, 3.05) is 6.54 Å². The molecule has 0 unspecified atom stereocenters. The second kappa shape index (κ2) is 7.11. The Hall–Kier alpha value is -2.57. The number of para-hydroxylation sites is 1. The standard InChI is InChI=1S/C22H20FN3OS/c1-14-18(25-27-21(14)15-8-10-16(23)11-9-15)13-26-12-4-6-19(26)22-24-17-5-2-3-7-20(17)28-22/h2-3,5,7-11,19H,4,6,12-13H2,1H3/t19-/m0/s1. The monoisotopic (exact) mass is 393 g/mol. The van der Waals surface area contributed by atoms with E-state index >= 15 is 0 Å². The molecule has 1 fully saturated rings. The average molecular weight is 393 g/mol. The van der Waals surface area contributed by atoms with Gasteiger partial charge < -0.3 is 4.52 Å². The van der Waals surface area contributed by atoms with Gasteiger partial charge in [-0.15, -0.1) is 11.3 Å². The first kappa shape index (κ1) is 17.5. The third kappa shape index (κ3) is 3.12. The first-order valence-corrected chi connectivity index (χ1v) is 10.3. The molecule has 3 heterocycles. The maximum atomic E-state index is 13.2. The largest absolute Gasteiger partial charge is 0.356 e. The van der Waals surface area contributed by atoms with Crippen LogP contribution in [0.5, 0.6) is 0 Å². The number of aromatic nitrogens is 2. The van der Waals surface area contributed by atoms with E-state index in [1.54, 1.807) is 23.5 Å². The van der Waals surface area contributed by atoms with Crippen LogP contribution in [-0.4, -0.2) is 21.6 Å². The van der Waals surface area contributed by atoms with E-state index in [0.717, 1.165) is 48.3 Å². The van der Waals surface area contributed by atoms with E-state index < -0.39 is 0 Å². The van der Waals surface area contributed by atoms with Crippen molar-refractivity contribution in [3.8, 4) is 11.3 Å². The van der Waals surface area contributed by atoms with E-state index in [1.165, 1.54) is 21.8 Å². The van der Waals surface area contributed by atoms with Crippen LogP contribution in [0.2, 0.25) is 0 Å². The summed E-state index contributed by atoms with van der Waals surface area (Å²) >= 11 is 1.78. The summed E-state index contributed by atoms with van der Waals surface area (Å²) in [4.78, 5) is 7.31. The van der Waals surface area contributed by atoms with Crippen LogP contribution in [-0.2, 0) is 6.54 Å². The molecular formula is C22H20FN3OS. The summed E-state index contributed by atoms with van der Waals surface area (Å²) in [6, 6.07) is 15.0. The number of fused-ring (bicyclic) bond motifs is 1. The highest BCUT2D eigenvalue weighted by molar-refractivity contribution is 7.18. The quantitative estimate of drug-likeness (QED) is 0.444. The smallest absolute Gasteiger partial charge is 0.170 e. The van der Waals surface area contributed by atoms with Crippen LogP contribution < -0.4 is 0 Å². The molecule has 1 aliphatic heterocycles.